The molecule has 1 aliphatic rings. The molecule has 0 saturated carbocycles. The average Bonchev–Trinajstić information content (AvgIpc) is 2.76. The standard InChI is InChI=1S/C16H24BrNO2S/c1-12(2)9-18-10-16(13-3-5-15(17)6-4-13)14-7-8-21(19,20)11-14/h3-6,12,14,16,18H,7-11H2,1-2H3. The van der Waals surface area contributed by atoms with E-state index in [-0.39, 0.29) is 11.8 Å². The first kappa shape index (κ1) is 17.0. The van der Waals surface area contributed by atoms with Gasteiger partial charge in [-0.05, 0) is 42.5 Å². The summed E-state index contributed by atoms with van der Waals surface area (Å²) >= 11 is 3.46. The van der Waals surface area contributed by atoms with Crippen molar-refractivity contribution in [3.05, 3.63) is 34.3 Å². The highest BCUT2D eigenvalue weighted by molar-refractivity contribution is 9.10. The summed E-state index contributed by atoms with van der Waals surface area (Å²) in [6.45, 7) is 6.18. The van der Waals surface area contributed by atoms with E-state index < -0.39 is 9.84 Å². The summed E-state index contributed by atoms with van der Waals surface area (Å²) in [5, 5.41) is 3.50. The molecule has 0 aliphatic carbocycles. The Kier molecular flexibility index (Phi) is 5.86. The lowest BCUT2D eigenvalue weighted by Crippen LogP contribution is -2.29. The number of sulfone groups is 1. The zero-order valence-corrected chi connectivity index (χ0v) is 15.1. The quantitative estimate of drug-likeness (QED) is 0.832. The van der Waals surface area contributed by atoms with Crippen LogP contribution in [0.1, 0.15) is 31.7 Å². The molecule has 1 fully saturated rings. The molecule has 0 amide bonds. The second kappa shape index (κ2) is 7.25. The Morgan fingerprint density at radius 3 is 2.43 bits per heavy atom. The van der Waals surface area contributed by atoms with Crippen molar-refractivity contribution >= 4 is 25.8 Å². The van der Waals surface area contributed by atoms with Crippen LogP contribution in [0.15, 0.2) is 28.7 Å². The minimum atomic E-state index is -2.84. The Hall–Kier alpha value is -0.390. The molecule has 0 radical (unpaired) electrons. The van der Waals surface area contributed by atoms with Gasteiger partial charge in [0.05, 0.1) is 11.5 Å². The van der Waals surface area contributed by atoms with Crippen molar-refractivity contribution in [1.82, 2.24) is 5.32 Å². The Morgan fingerprint density at radius 1 is 1.24 bits per heavy atom. The van der Waals surface area contributed by atoms with E-state index in [1.807, 2.05) is 12.1 Å². The van der Waals surface area contributed by atoms with Crippen LogP contribution in [0.4, 0.5) is 0 Å². The van der Waals surface area contributed by atoms with Gasteiger partial charge in [0, 0.05) is 16.9 Å². The van der Waals surface area contributed by atoms with Gasteiger partial charge in [0.2, 0.25) is 0 Å². The third-order valence-electron chi connectivity index (χ3n) is 4.05. The van der Waals surface area contributed by atoms with Crippen molar-refractivity contribution in [2.75, 3.05) is 24.6 Å². The topological polar surface area (TPSA) is 46.2 Å². The molecule has 21 heavy (non-hydrogen) atoms. The lowest BCUT2D eigenvalue weighted by molar-refractivity contribution is 0.424. The Labute approximate surface area is 136 Å². The monoisotopic (exact) mass is 373 g/mol. The second-order valence-corrected chi connectivity index (χ2v) is 9.52. The van der Waals surface area contributed by atoms with Crippen LogP contribution < -0.4 is 5.32 Å². The number of rotatable bonds is 6. The summed E-state index contributed by atoms with van der Waals surface area (Å²) in [4.78, 5) is 0. The van der Waals surface area contributed by atoms with Gasteiger partial charge < -0.3 is 5.32 Å². The molecule has 2 atom stereocenters. The van der Waals surface area contributed by atoms with Crippen LogP contribution in [0.3, 0.4) is 0 Å². The van der Waals surface area contributed by atoms with Crippen LogP contribution in [0, 0.1) is 11.8 Å². The van der Waals surface area contributed by atoms with E-state index in [2.05, 4.69) is 47.2 Å². The minimum Gasteiger partial charge on any atom is -0.316 e. The molecule has 0 bridgehead atoms. The molecule has 1 heterocycles. The molecule has 1 aliphatic heterocycles. The van der Waals surface area contributed by atoms with E-state index in [0.29, 0.717) is 17.4 Å². The van der Waals surface area contributed by atoms with E-state index in [0.717, 1.165) is 24.0 Å². The molecule has 2 rings (SSSR count). The maximum absolute atomic E-state index is 11.8. The van der Waals surface area contributed by atoms with Gasteiger partial charge in [0.1, 0.15) is 0 Å². The minimum absolute atomic E-state index is 0.232. The summed E-state index contributed by atoms with van der Waals surface area (Å²) in [5.41, 5.74) is 1.23. The fourth-order valence-electron chi connectivity index (χ4n) is 2.94. The lowest BCUT2D eigenvalue weighted by Gasteiger charge is -2.24. The van der Waals surface area contributed by atoms with Gasteiger partial charge in [0.25, 0.3) is 0 Å². The van der Waals surface area contributed by atoms with Gasteiger partial charge in [-0.1, -0.05) is 41.9 Å². The average molecular weight is 374 g/mol. The van der Waals surface area contributed by atoms with Gasteiger partial charge in [-0.15, -0.1) is 0 Å². The van der Waals surface area contributed by atoms with Crippen LogP contribution in [0.25, 0.3) is 0 Å². The number of hydrogen-bond acceptors (Lipinski definition) is 3. The Balaban J connectivity index is 2.12. The summed E-state index contributed by atoms with van der Waals surface area (Å²) in [7, 11) is -2.84. The van der Waals surface area contributed by atoms with E-state index in [4.69, 9.17) is 0 Å². The first-order chi connectivity index (χ1) is 9.87. The summed E-state index contributed by atoms with van der Waals surface area (Å²) in [5.74, 6) is 1.78. The molecule has 0 aromatic heterocycles. The molecule has 1 aromatic carbocycles. The Morgan fingerprint density at radius 2 is 1.90 bits per heavy atom. The molecule has 0 spiro atoms. The summed E-state index contributed by atoms with van der Waals surface area (Å²) < 4.78 is 24.6. The van der Waals surface area contributed by atoms with Crippen LogP contribution >= 0.6 is 15.9 Å². The maximum Gasteiger partial charge on any atom is 0.150 e. The number of hydrogen-bond donors (Lipinski definition) is 1. The van der Waals surface area contributed by atoms with Crippen LogP contribution in [-0.4, -0.2) is 33.0 Å². The highest BCUT2D eigenvalue weighted by Crippen LogP contribution is 2.33. The van der Waals surface area contributed by atoms with Gasteiger partial charge >= 0.3 is 0 Å². The fraction of sp³-hybridized carbons (Fsp3) is 0.625. The summed E-state index contributed by atoms with van der Waals surface area (Å²) in [6.07, 6.45) is 0.784. The third kappa shape index (κ3) is 5.08. The van der Waals surface area contributed by atoms with Crippen molar-refractivity contribution in [2.45, 2.75) is 26.2 Å². The zero-order chi connectivity index (χ0) is 15.5. The van der Waals surface area contributed by atoms with Gasteiger partial charge in [-0.25, -0.2) is 8.42 Å². The Bertz CT molecular complexity index is 554. The first-order valence-electron chi connectivity index (χ1n) is 7.54. The van der Waals surface area contributed by atoms with E-state index in [9.17, 15) is 8.42 Å². The van der Waals surface area contributed by atoms with Crippen LogP contribution in [0.2, 0.25) is 0 Å². The van der Waals surface area contributed by atoms with E-state index in [1.54, 1.807) is 0 Å². The molecule has 118 valence electrons. The van der Waals surface area contributed by atoms with Crippen LogP contribution in [0.5, 0.6) is 0 Å². The highest BCUT2D eigenvalue weighted by Gasteiger charge is 2.34. The highest BCUT2D eigenvalue weighted by atomic mass is 79.9. The largest absolute Gasteiger partial charge is 0.316 e. The lowest BCUT2D eigenvalue weighted by atomic mass is 9.85. The normalized spacial score (nSPS) is 22.6. The molecule has 1 saturated heterocycles. The maximum atomic E-state index is 11.8. The predicted octanol–water partition coefficient (Wildman–Crippen LogP) is 3.21. The van der Waals surface area contributed by atoms with Gasteiger partial charge in [-0.2, -0.15) is 0 Å². The van der Waals surface area contributed by atoms with Gasteiger partial charge in [-0.3, -0.25) is 0 Å². The molecule has 5 heteroatoms. The van der Waals surface area contributed by atoms with Gasteiger partial charge in [0.15, 0.2) is 9.84 Å². The molecule has 2 unspecified atom stereocenters. The van der Waals surface area contributed by atoms with Crippen molar-refractivity contribution in [1.29, 1.82) is 0 Å². The van der Waals surface area contributed by atoms with Crippen LogP contribution in [-0.2, 0) is 9.84 Å². The zero-order valence-electron chi connectivity index (χ0n) is 12.7. The fourth-order valence-corrected chi connectivity index (χ4v) is 5.08. The third-order valence-corrected chi connectivity index (χ3v) is 6.37. The molecule has 3 nitrogen and oxygen atoms in total. The molecule has 1 N–H and O–H groups in total. The van der Waals surface area contributed by atoms with Crippen molar-refractivity contribution in [3.8, 4) is 0 Å². The number of nitrogens with one attached hydrogen (secondary N) is 1. The smallest absolute Gasteiger partial charge is 0.150 e. The first-order valence-corrected chi connectivity index (χ1v) is 10.2. The molecular formula is C16H24BrNO2S. The predicted molar refractivity (Wildman–Crippen MR) is 91.4 cm³/mol. The second-order valence-electron chi connectivity index (χ2n) is 6.37. The number of halogens is 1. The summed E-state index contributed by atoms with van der Waals surface area (Å²) in [6, 6.07) is 8.29. The van der Waals surface area contributed by atoms with Crippen molar-refractivity contribution < 1.29 is 8.42 Å². The SMILES string of the molecule is CC(C)CNCC(c1ccc(Br)cc1)C1CCS(=O)(=O)C1. The van der Waals surface area contributed by atoms with E-state index in [1.165, 1.54) is 5.56 Å². The van der Waals surface area contributed by atoms with Crippen molar-refractivity contribution in [2.24, 2.45) is 11.8 Å². The molecular weight excluding hydrogens is 350 g/mol. The van der Waals surface area contributed by atoms with E-state index >= 15 is 0 Å². The number of benzene rings is 1. The molecule has 1 aromatic rings. The van der Waals surface area contributed by atoms with Crippen molar-refractivity contribution in [3.63, 3.8) is 0 Å².